The third-order valence-electron chi connectivity index (χ3n) is 6.57. The molecule has 1 aromatic carbocycles. The van der Waals surface area contributed by atoms with Crippen LogP contribution in [-0.2, 0) is 4.79 Å². The van der Waals surface area contributed by atoms with E-state index in [9.17, 15) is 19.5 Å². The molecule has 2 saturated carbocycles. The normalized spacial score (nSPS) is 16.2. The van der Waals surface area contributed by atoms with Crippen molar-refractivity contribution in [3.8, 4) is 22.8 Å². The summed E-state index contributed by atoms with van der Waals surface area (Å²) < 4.78 is 5.60. The van der Waals surface area contributed by atoms with E-state index in [4.69, 9.17) is 4.42 Å². The van der Waals surface area contributed by atoms with Crippen LogP contribution < -0.4 is 10.6 Å². The quantitative estimate of drug-likeness (QED) is 0.336. The van der Waals surface area contributed by atoms with E-state index >= 15 is 0 Å². The third kappa shape index (κ3) is 5.14. The fourth-order valence-corrected chi connectivity index (χ4v) is 4.27. The molecule has 11 heteroatoms. The van der Waals surface area contributed by atoms with Crippen LogP contribution in [0.5, 0.6) is 0 Å². The van der Waals surface area contributed by atoms with Gasteiger partial charge in [0.1, 0.15) is 6.04 Å². The van der Waals surface area contributed by atoms with Crippen molar-refractivity contribution in [3.05, 3.63) is 42.0 Å². The van der Waals surface area contributed by atoms with E-state index < -0.39 is 17.9 Å². The number of hydrogen-bond acceptors (Lipinski definition) is 7. The Labute approximate surface area is 207 Å². The number of H-pyrrole nitrogens is 1. The molecule has 3 aromatic rings. The number of hydrogen-bond donors (Lipinski definition) is 4. The maximum atomic E-state index is 12.7. The van der Waals surface area contributed by atoms with Gasteiger partial charge in [0, 0.05) is 17.2 Å². The Morgan fingerprint density at radius 2 is 1.75 bits per heavy atom. The topological polar surface area (TPSA) is 163 Å². The molecule has 1 atom stereocenters. The van der Waals surface area contributed by atoms with Gasteiger partial charge in [-0.15, -0.1) is 0 Å². The van der Waals surface area contributed by atoms with Gasteiger partial charge in [0.25, 0.3) is 11.8 Å². The molecule has 0 unspecified atom stereocenters. The van der Waals surface area contributed by atoms with Crippen LogP contribution in [0, 0.1) is 17.8 Å². The number of carboxylic acid groups (broad SMARTS) is 1. The second kappa shape index (κ2) is 9.56. The number of aliphatic carboxylic acids is 1. The van der Waals surface area contributed by atoms with Crippen molar-refractivity contribution in [2.24, 2.45) is 17.8 Å². The third-order valence-corrected chi connectivity index (χ3v) is 6.57. The highest BCUT2D eigenvalue weighted by Gasteiger charge is 2.42. The van der Waals surface area contributed by atoms with Gasteiger partial charge in [0.05, 0.1) is 6.20 Å². The molecule has 188 valence electrons. The molecule has 0 saturated heterocycles. The fraction of sp³-hybridized carbons (Fsp3) is 0.440. The lowest BCUT2D eigenvalue weighted by Gasteiger charge is -2.16. The Morgan fingerprint density at radius 1 is 1.06 bits per heavy atom. The minimum atomic E-state index is -1.12. The van der Waals surface area contributed by atoms with E-state index in [1.54, 1.807) is 38.1 Å². The molecule has 0 spiro atoms. The summed E-state index contributed by atoms with van der Waals surface area (Å²) in [7, 11) is 0. The minimum absolute atomic E-state index is 0.0972. The first-order valence-corrected chi connectivity index (χ1v) is 12.1. The van der Waals surface area contributed by atoms with Gasteiger partial charge in [-0.3, -0.25) is 14.7 Å². The van der Waals surface area contributed by atoms with Crippen molar-refractivity contribution < 1.29 is 23.9 Å². The van der Waals surface area contributed by atoms with E-state index in [1.165, 1.54) is 6.20 Å². The molecule has 36 heavy (non-hydrogen) atoms. The van der Waals surface area contributed by atoms with Crippen LogP contribution in [0.1, 0.15) is 60.7 Å². The molecular weight excluding hydrogens is 464 g/mol. The van der Waals surface area contributed by atoms with Gasteiger partial charge in [-0.25, -0.2) is 14.8 Å². The van der Waals surface area contributed by atoms with Crippen LogP contribution in [0.3, 0.4) is 0 Å². The van der Waals surface area contributed by atoms with Gasteiger partial charge in [0.15, 0.2) is 5.82 Å². The molecule has 5 rings (SSSR count). The molecule has 2 fully saturated rings. The number of oxazole rings is 1. The fourth-order valence-electron chi connectivity index (χ4n) is 4.27. The summed E-state index contributed by atoms with van der Waals surface area (Å²) in [6, 6.07) is 6.22. The summed E-state index contributed by atoms with van der Waals surface area (Å²) in [4.78, 5) is 45.1. The van der Waals surface area contributed by atoms with Crippen LogP contribution in [0.25, 0.3) is 22.8 Å². The summed E-state index contributed by atoms with van der Waals surface area (Å²) in [6.45, 7) is 3.40. The van der Waals surface area contributed by atoms with E-state index in [-0.39, 0.29) is 35.3 Å². The molecule has 0 bridgehead atoms. The number of amides is 2. The molecule has 0 aliphatic heterocycles. The van der Waals surface area contributed by atoms with Gasteiger partial charge >= 0.3 is 5.97 Å². The molecule has 2 aliphatic rings. The van der Waals surface area contributed by atoms with Crippen LogP contribution in [0.4, 0.5) is 0 Å². The highest BCUT2D eigenvalue weighted by molar-refractivity contribution is 5.94. The minimum Gasteiger partial charge on any atom is -0.480 e. The number of nitrogens with one attached hydrogen (secondary N) is 3. The zero-order valence-electron chi connectivity index (χ0n) is 20.0. The summed E-state index contributed by atoms with van der Waals surface area (Å²) in [5.74, 6) is -0.583. The molecule has 2 heterocycles. The zero-order valence-corrected chi connectivity index (χ0v) is 20.0. The maximum absolute atomic E-state index is 12.7. The number of rotatable bonds is 10. The number of carbonyl (C=O) groups excluding carboxylic acids is 2. The lowest BCUT2D eigenvalue weighted by atomic mass is 10.0. The Hall–Kier alpha value is -4.02. The van der Waals surface area contributed by atoms with E-state index in [1.807, 2.05) is 0 Å². The zero-order chi connectivity index (χ0) is 25.4. The lowest BCUT2D eigenvalue weighted by molar-refractivity contribution is -0.140. The highest BCUT2D eigenvalue weighted by Crippen LogP contribution is 2.44. The van der Waals surface area contributed by atoms with Gasteiger partial charge < -0.3 is 20.2 Å². The van der Waals surface area contributed by atoms with Crippen molar-refractivity contribution in [1.82, 2.24) is 30.8 Å². The number of aromatic amines is 1. The van der Waals surface area contributed by atoms with E-state index in [0.717, 1.165) is 25.7 Å². The van der Waals surface area contributed by atoms with E-state index in [2.05, 4.69) is 30.8 Å². The van der Waals surface area contributed by atoms with Crippen molar-refractivity contribution in [3.63, 3.8) is 0 Å². The van der Waals surface area contributed by atoms with Crippen LogP contribution in [-0.4, -0.2) is 55.1 Å². The van der Waals surface area contributed by atoms with Crippen molar-refractivity contribution in [2.45, 2.75) is 51.6 Å². The summed E-state index contributed by atoms with van der Waals surface area (Å²) in [6.07, 6.45) is 5.91. The number of aromatic nitrogens is 4. The van der Waals surface area contributed by atoms with Gasteiger partial charge in [0.2, 0.25) is 17.5 Å². The molecule has 0 radical (unpaired) electrons. The first-order valence-electron chi connectivity index (χ1n) is 12.1. The smallest absolute Gasteiger partial charge is 0.326 e. The van der Waals surface area contributed by atoms with Crippen molar-refractivity contribution in [1.29, 1.82) is 0 Å². The maximum Gasteiger partial charge on any atom is 0.326 e. The summed E-state index contributed by atoms with van der Waals surface area (Å²) in [5, 5.41) is 21.8. The molecular formula is C25H28N6O5. The average Bonchev–Trinajstić information content (AvgIpc) is 3.78. The van der Waals surface area contributed by atoms with Crippen molar-refractivity contribution >= 4 is 17.8 Å². The summed E-state index contributed by atoms with van der Waals surface area (Å²) >= 11 is 0. The van der Waals surface area contributed by atoms with E-state index in [0.29, 0.717) is 28.8 Å². The SMILES string of the molecule is CC(C)[C@H](NC(=O)c1cnc(-c2cccc(-c3n[nH]c(C(=O)NC(C4CC4)C4CC4)n3)c2)o1)C(=O)O. The van der Waals surface area contributed by atoms with Crippen LogP contribution in [0.2, 0.25) is 0 Å². The number of carboxylic acids is 1. The largest absolute Gasteiger partial charge is 0.480 e. The van der Waals surface area contributed by atoms with Gasteiger partial charge in [-0.1, -0.05) is 26.0 Å². The predicted molar refractivity (Wildman–Crippen MR) is 128 cm³/mol. The first kappa shape index (κ1) is 23.7. The molecule has 11 nitrogen and oxygen atoms in total. The van der Waals surface area contributed by atoms with Gasteiger partial charge in [-0.2, -0.15) is 5.10 Å². The lowest BCUT2D eigenvalue weighted by Crippen LogP contribution is -2.44. The second-order valence-corrected chi connectivity index (χ2v) is 9.83. The monoisotopic (exact) mass is 492 g/mol. The molecule has 2 aliphatic carbocycles. The van der Waals surface area contributed by atoms with Gasteiger partial charge in [-0.05, 0) is 55.6 Å². The Kier molecular flexibility index (Phi) is 6.29. The standard InChI is InChI=1S/C25H28N6O5/c1-12(2)18(25(34)35)27-22(32)17-11-26-24(36-17)16-5-3-4-15(10-16)20-29-21(31-30-20)23(33)28-19(13-6-7-13)14-8-9-14/h3-5,10-14,18-19H,6-9H2,1-2H3,(H,27,32)(H,28,33)(H,34,35)(H,29,30,31)/t18-/m0/s1. The number of nitrogens with zero attached hydrogens (tertiary/aromatic N) is 3. The van der Waals surface area contributed by atoms with Crippen LogP contribution >= 0.6 is 0 Å². The average molecular weight is 493 g/mol. The highest BCUT2D eigenvalue weighted by atomic mass is 16.4. The Bertz CT molecular complexity index is 1280. The Morgan fingerprint density at radius 3 is 2.39 bits per heavy atom. The predicted octanol–water partition coefficient (Wildman–Crippen LogP) is 2.88. The molecule has 2 amide bonds. The van der Waals surface area contributed by atoms with Crippen LogP contribution in [0.15, 0.2) is 34.9 Å². The Balaban J connectivity index is 1.28. The first-order chi connectivity index (χ1) is 17.3. The van der Waals surface area contributed by atoms with Crippen molar-refractivity contribution in [2.75, 3.05) is 0 Å². The molecule has 2 aromatic heterocycles. The second-order valence-electron chi connectivity index (χ2n) is 9.83. The number of benzene rings is 1. The summed E-state index contributed by atoms with van der Waals surface area (Å²) in [5.41, 5.74) is 1.21. The molecule has 4 N–H and O–H groups in total. The number of carbonyl (C=O) groups is 3.